The number of thiazole rings is 1. The Bertz CT molecular complexity index is 1060. The number of methoxy groups -OCH3 is 1. The molecule has 136 valence electrons. The van der Waals surface area contributed by atoms with Crippen molar-refractivity contribution in [1.29, 1.82) is 0 Å². The monoisotopic (exact) mass is 375 g/mol. The number of carbonyl (C=O) groups is 1. The van der Waals surface area contributed by atoms with Gasteiger partial charge < -0.3 is 18.5 Å². The number of benzene rings is 1. The zero-order chi connectivity index (χ0) is 18.7. The van der Waals surface area contributed by atoms with Crippen LogP contribution in [0.2, 0.25) is 0 Å². The summed E-state index contributed by atoms with van der Waals surface area (Å²) < 4.78 is 17.1. The van der Waals surface area contributed by atoms with Gasteiger partial charge in [0.15, 0.2) is 0 Å². The molecule has 0 spiro atoms. The number of fused-ring (bicyclic) bond motifs is 1. The molecule has 26 heavy (non-hydrogen) atoms. The highest BCUT2D eigenvalue weighted by Crippen LogP contribution is 2.23. The van der Waals surface area contributed by atoms with E-state index >= 15 is 0 Å². The molecule has 0 N–H and O–H groups in total. The molecule has 2 heterocycles. The van der Waals surface area contributed by atoms with E-state index in [4.69, 9.17) is 13.9 Å². The zero-order valence-electron chi connectivity index (χ0n) is 14.3. The van der Waals surface area contributed by atoms with Gasteiger partial charge >= 0.3 is 16.5 Å². The standard InChI is InChI=1S/C18H17NO6S/c1-11-10-26-18(22)19(11)6-5-16(20)24-9-12-7-17(21)25-15-8-13(23-2)3-4-14(12)15/h3-4,7-8,10H,5-6,9H2,1-2H3. The molecule has 0 fully saturated rings. The lowest BCUT2D eigenvalue weighted by Crippen LogP contribution is -2.18. The number of aryl methyl sites for hydroxylation is 1. The van der Waals surface area contributed by atoms with Crippen molar-refractivity contribution >= 4 is 28.3 Å². The van der Waals surface area contributed by atoms with E-state index in [0.717, 1.165) is 17.0 Å². The van der Waals surface area contributed by atoms with Crippen LogP contribution >= 0.6 is 11.3 Å². The van der Waals surface area contributed by atoms with Gasteiger partial charge in [-0.25, -0.2) is 4.79 Å². The van der Waals surface area contributed by atoms with Gasteiger partial charge in [-0.05, 0) is 19.1 Å². The molecule has 0 saturated heterocycles. The van der Waals surface area contributed by atoms with E-state index in [2.05, 4.69) is 0 Å². The first kappa shape index (κ1) is 17.9. The second-order valence-electron chi connectivity index (χ2n) is 5.66. The lowest BCUT2D eigenvalue weighted by molar-refractivity contribution is -0.145. The van der Waals surface area contributed by atoms with Gasteiger partial charge in [-0.3, -0.25) is 9.59 Å². The van der Waals surface area contributed by atoms with Crippen LogP contribution in [0.5, 0.6) is 5.75 Å². The number of nitrogens with zero attached hydrogens (tertiary/aromatic N) is 1. The summed E-state index contributed by atoms with van der Waals surface area (Å²) in [6, 6.07) is 6.39. The van der Waals surface area contributed by atoms with E-state index in [1.807, 2.05) is 6.92 Å². The summed E-state index contributed by atoms with van der Waals surface area (Å²) >= 11 is 1.10. The minimum atomic E-state index is -0.530. The number of rotatable bonds is 6. The highest BCUT2D eigenvalue weighted by Gasteiger charge is 2.11. The third-order valence-electron chi connectivity index (χ3n) is 3.94. The van der Waals surface area contributed by atoms with Crippen LogP contribution in [0, 0.1) is 6.92 Å². The lowest BCUT2D eigenvalue weighted by atomic mass is 10.1. The molecular formula is C18H17NO6S. The van der Waals surface area contributed by atoms with Gasteiger partial charge in [0.2, 0.25) is 0 Å². The normalized spacial score (nSPS) is 10.8. The summed E-state index contributed by atoms with van der Waals surface area (Å²) in [5.41, 5.74) is 1.20. The summed E-state index contributed by atoms with van der Waals surface area (Å²) in [4.78, 5) is 35.3. The van der Waals surface area contributed by atoms with Gasteiger partial charge in [-0.2, -0.15) is 0 Å². The Morgan fingerprint density at radius 3 is 2.77 bits per heavy atom. The third kappa shape index (κ3) is 3.85. The van der Waals surface area contributed by atoms with Gasteiger partial charge in [-0.1, -0.05) is 11.3 Å². The van der Waals surface area contributed by atoms with Gasteiger partial charge in [0.05, 0.1) is 13.5 Å². The Balaban J connectivity index is 1.70. The largest absolute Gasteiger partial charge is 0.497 e. The Morgan fingerprint density at radius 1 is 1.27 bits per heavy atom. The van der Waals surface area contributed by atoms with Crippen molar-refractivity contribution in [3.05, 3.63) is 61.0 Å². The van der Waals surface area contributed by atoms with Crippen LogP contribution in [0.25, 0.3) is 11.0 Å². The minimum Gasteiger partial charge on any atom is -0.497 e. The van der Waals surface area contributed by atoms with Crippen molar-refractivity contribution < 1.29 is 18.7 Å². The molecule has 0 amide bonds. The van der Waals surface area contributed by atoms with Gasteiger partial charge in [0.1, 0.15) is 17.9 Å². The van der Waals surface area contributed by atoms with Crippen molar-refractivity contribution in [2.24, 2.45) is 0 Å². The Hall–Kier alpha value is -2.87. The van der Waals surface area contributed by atoms with Crippen molar-refractivity contribution in [3.63, 3.8) is 0 Å². The number of hydrogen-bond donors (Lipinski definition) is 0. The second-order valence-corrected chi connectivity index (χ2v) is 6.48. The highest BCUT2D eigenvalue weighted by molar-refractivity contribution is 7.07. The lowest BCUT2D eigenvalue weighted by Gasteiger charge is -2.09. The van der Waals surface area contributed by atoms with E-state index in [1.54, 1.807) is 23.6 Å². The minimum absolute atomic E-state index is 0.0508. The Morgan fingerprint density at radius 2 is 2.08 bits per heavy atom. The molecule has 7 nitrogen and oxygen atoms in total. The first-order valence-electron chi connectivity index (χ1n) is 7.89. The predicted octanol–water partition coefficient (Wildman–Crippen LogP) is 2.47. The van der Waals surface area contributed by atoms with Crippen LogP contribution in [0.4, 0.5) is 0 Å². The molecule has 0 aliphatic heterocycles. The van der Waals surface area contributed by atoms with Crippen molar-refractivity contribution in [2.45, 2.75) is 26.5 Å². The van der Waals surface area contributed by atoms with E-state index in [9.17, 15) is 14.4 Å². The Kier molecular flexibility index (Phi) is 5.22. The number of ether oxygens (including phenoxy) is 2. The predicted molar refractivity (Wildman–Crippen MR) is 96.8 cm³/mol. The fourth-order valence-corrected chi connectivity index (χ4v) is 3.33. The molecule has 0 aliphatic carbocycles. The molecule has 3 rings (SSSR count). The van der Waals surface area contributed by atoms with Crippen LogP contribution in [-0.2, 0) is 22.7 Å². The van der Waals surface area contributed by atoms with Crippen LogP contribution < -0.4 is 15.2 Å². The maximum atomic E-state index is 12.0. The molecular weight excluding hydrogens is 358 g/mol. The highest BCUT2D eigenvalue weighted by atomic mass is 32.1. The molecule has 0 saturated carbocycles. The maximum absolute atomic E-state index is 12.0. The average molecular weight is 375 g/mol. The van der Waals surface area contributed by atoms with Crippen LogP contribution in [0.3, 0.4) is 0 Å². The summed E-state index contributed by atoms with van der Waals surface area (Å²) in [7, 11) is 1.52. The SMILES string of the molecule is COc1ccc2c(COC(=O)CCn3c(C)csc3=O)cc(=O)oc2c1. The number of aromatic nitrogens is 1. The molecule has 0 unspecified atom stereocenters. The fourth-order valence-electron chi connectivity index (χ4n) is 2.56. The molecule has 0 radical (unpaired) electrons. The molecule has 0 atom stereocenters. The summed E-state index contributed by atoms with van der Waals surface area (Å²) in [6.45, 7) is 2.03. The van der Waals surface area contributed by atoms with Crippen molar-refractivity contribution in [2.75, 3.05) is 7.11 Å². The van der Waals surface area contributed by atoms with E-state index in [1.165, 1.54) is 17.7 Å². The summed E-state index contributed by atoms with van der Waals surface area (Å²) in [5.74, 6) is 0.115. The first-order chi connectivity index (χ1) is 12.5. The van der Waals surface area contributed by atoms with E-state index < -0.39 is 11.6 Å². The van der Waals surface area contributed by atoms with Crippen LogP contribution in [0.15, 0.2) is 43.7 Å². The molecule has 0 bridgehead atoms. The van der Waals surface area contributed by atoms with Gasteiger partial charge in [-0.15, -0.1) is 0 Å². The first-order valence-corrected chi connectivity index (χ1v) is 8.77. The molecule has 3 aromatic rings. The average Bonchev–Trinajstić information content (AvgIpc) is 2.95. The van der Waals surface area contributed by atoms with Crippen molar-refractivity contribution in [3.8, 4) is 5.75 Å². The molecule has 8 heteroatoms. The number of carbonyl (C=O) groups excluding carboxylic acids is 1. The molecule has 1 aromatic carbocycles. The van der Waals surface area contributed by atoms with Gasteiger partial charge in [0, 0.05) is 40.7 Å². The van der Waals surface area contributed by atoms with E-state index in [0.29, 0.717) is 22.3 Å². The summed E-state index contributed by atoms with van der Waals surface area (Å²) in [5, 5.41) is 2.42. The summed E-state index contributed by atoms with van der Waals surface area (Å²) in [6.07, 6.45) is 0.0741. The van der Waals surface area contributed by atoms with Gasteiger partial charge in [0.25, 0.3) is 0 Å². The van der Waals surface area contributed by atoms with Crippen LogP contribution in [0.1, 0.15) is 17.7 Å². The van der Waals surface area contributed by atoms with E-state index in [-0.39, 0.29) is 24.4 Å². The Labute approximate surface area is 152 Å². The third-order valence-corrected chi connectivity index (χ3v) is 4.82. The molecule has 0 aliphatic rings. The zero-order valence-corrected chi connectivity index (χ0v) is 15.1. The van der Waals surface area contributed by atoms with Crippen LogP contribution in [-0.4, -0.2) is 17.6 Å². The smallest absolute Gasteiger partial charge is 0.336 e. The van der Waals surface area contributed by atoms with Crippen molar-refractivity contribution in [1.82, 2.24) is 4.57 Å². The second kappa shape index (κ2) is 7.57. The number of hydrogen-bond acceptors (Lipinski definition) is 7. The number of esters is 1. The molecule has 2 aromatic heterocycles. The fraction of sp³-hybridized carbons (Fsp3) is 0.278. The maximum Gasteiger partial charge on any atom is 0.336 e. The topological polar surface area (TPSA) is 87.7 Å². The quantitative estimate of drug-likeness (QED) is 0.486.